The van der Waals surface area contributed by atoms with Crippen LogP contribution in [0.2, 0.25) is 5.02 Å². The lowest BCUT2D eigenvalue weighted by Gasteiger charge is -2.25. The Balaban J connectivity index is 1.43. The quantitative estimate of drug-likeness (QED) is 0.254. The number of pyridine rings is 1. The van der Waals surface area contributed by atoms with Gasteiger partial charge in [0.1, 0.15) is 5.82 Å². The van der Waals surface area contributed by atoms with Crippen LogP contribution in [0.25, 0.3) is 16.9 Å². The van der Waals surface area contributed by atoms with Gasteiger partial charge < -0.3 is 19.7 Å². The molecule has 10 heteroatoms. The summed E-state index contributed by atoms with van der Waals surface area (Å²) < 4.78 is 8.63. The summed E-state index contributed by atoms with van der Waals surface area (Å²) in [5, 5.41) is 23.6. The molecule has 0 aliphatic carbocycles. The summed E-state index contributed by atoms with van der Waals surface area (Å²) in [6, 6.07) is 20.9. The molecule has 3 atom stereocenters. The number of benzene rings is 2. The maximum atomic E-state index is 12.0. The standard InChI is InChI=1S/C30H35ClN6O3/c1-20-28(22-12-13-27(38)35(2)17-22)34-37(24-10-5-4-6-11-24)29(20)33-30(39)32-26-19-36(14-15-40-3)18-25(26)21-8-7-9-23(31)16-21/h4-13,16-17,25-26,30,32-33,39H,14-15,18-19H2,1-3H3/t25?,26-,30?/m1/s1. The topological polar surface area (TPSA) is 96.6 Å². The van der Waals surface area contributed by atoms with Crippen LogP contribution in [0.5, 0.6) is 0 Å². The Bertz CT molecular complexity index is 1510. The van der Waals surface area contributed by atoms with Crippen molar-refractivity contribution in [1.82, 2.24) is 24.6 Å². The van der Waals surface area contributed by atoms with Crippen LogP contribution >= 0.6 is 11.6 Å². The maximum absolute atomic E-state index is 12.0. The summed E-state index contributed by atoms with van der Waals surface area (Å²) in [4.78, 5) is 14.3. The number of likely N-dealkylation sites (tertiary alicyclic amines) is 1. The molecular formula is C30H35ClN6O3. The molecule has 1 aliphatic heterocycles. The average Bonchev–Trinajstić information content (AvgIpc) is 3.50. The molecule has 0 radical (unpaired) electrons. The van der Waals surface area contributed by atoms with Crippen LogP contribution in [0, 0.1) is 6.92 Å². The van der Waals surface area contributed by atoms with E-state index < -0.39 is 6.35 Å². The number of hydrogen-bond acceptors (Lipinski definition) is 7. The van der Waals surface area contributed by atoms with E-state index in [1.807, 2.05) is 55.5 Å². The van der Waals surface area contributed by atoms with Gasteiger partial charge in [-0.1, -0.05) is 41.9 Å². The van der Waals surface area contributed by atoms with E-state index >= 15 is 0 Å². The number of nitrogens with zero attached hydrogens (tertiary/aromatic N) is 4. The molecule has 3 N–H and O–H groups in total. The molecule has 0 saturated carbocycles. The van der Waals surface area contributed by atoms with Gasteiger partial charge in [-0.3, -0.25) is 15.0 Å². The number of nitrogens with one attached hydrogen (secondary N) is 2. The summed E-state index contributed by atoms with van der Waals surface area (Å²) in [6.07, 6.45) is 0.716. The minimum atomic E-state index is -1.06. The third-order valence-corrected chi connectivity index (χ3v) is 7.65. The third-order valence-electron chi connectivity index (χ3n) is 7.41. The van der Waals surface area contributed by atoms with Crippen LogP contribution in [0.1, 0.15) is 17.0 Å². The second kappa shape index (κ2) is 12.4. The van der Waals surface area contributed by atoms with Gasteiger partial charge in [-0.2, -0.15) is 5.10 Å². The Morgan fingerprint density at radius 1 is 1.12 bits per heavy atom. The van der Waals surface area contributed by atoms with Crippen molar-refractivity contribution in [3.63, 3.8) is 0 Å². The first kappa shape index (κ1) is 28.1. The van der Waals surface area contributed by atoms with Crippen molar-refractivity contribution in [3.05, 3.63) is 99.4 Å². The summed E-state index contributed by atoms with van der Waals surface area (Å²) in [5.41, 5.74) is 4.26. The summed E-state index contributed by atoms with van der Waals surface area (Å²) >= 11 is 6.32. The van der Waals surface area contributed by atoms with Gasteiger partial charge in [-0.05, 0) is 42.8 Å². The van der Waals surface area contributed by atoms with Crippen molar-refractivity contribution in [2.75, 3.05) is 38.7 Å². The van der Waals surface area contributed by atoms with Crippen LogP contribution in [0.3, 0.4) is 0 Å². The van der Waals surface area contributed by atoms with Crippen LogP contribution in [-0.2, 0) is 11.8 Å². The van der Waals surface area contributed by atoms with Gasteiger partial charge in [0, 0.05) is 74.2 Å². The first-order valence-electron chi connectivity index (χ1n) is 13.3. The molecule has 40 heavy (non-hydrogen) atoms. The highest BCUT2D eigenvalue weighted by Crippen LogP contribution is 2.32. The number of aryl methyl sites for hydroxylation is 1. The SMILES string of the molecule is COCCN1CC(c2cccc(Cl)c2)[C@H](NC(O)Nc2c(C)c(-c3ccc(=O)n(C)c3)nn2-c2ccccc2)C1. The average molecular weight is 563 g/mol. The Labute approximate surface area is 239 Å². The van der Waals surface area contributed by atoms with Gasteiger partial charge in [0.25, 0.3) is 0 Å². The molecule has 2 aromatic carbocycles. The van der Waals surface area contributed by atoms with Crippen LogP contribution in [-0.4, -0.2) is 70.1 Å². The summed E-state index contributed by atoms with van der Waals surface area (Å²) in [5.74, 6) is 0.789. The van der Waals surface area contributed by atoms with Gasteiger partial charge in [0.05, 0.1) is 18.0 Å². The summed E-state index contributed by atoms with van der Waals surface area (Å²) in [6.45, 7) is 4.97. The Morgan fingerprint density at radius 2 is 1.93 bits per heavy atom. The highest BCUT2D eigenvalue weighted by Gasteiger charge is 2.35. The largest absolute Gasteiger partial charge is 0.383 e. The van der Waals surface area contributed by atoms with E-state index in [0.717, 1.165) is 47.7 Å². The van der Waals surface area contributed by atoms with E-state index in [4.69, 9.17) is 21.4 Å². The highest BCUT2D eigenvalue weighted by molar-refractivity contribution is 6.30. The second-order valence-electron chi connectivity index (χ2n) is 10.2. The zero-order valence-electron chi connectivity index (χ0n) is 22.9. The van der Waals surface area contributed by atoms with E-state index in [-0.39, 0.29) is 17.5 Å². The van der Waals surface area contributed by atoms with Gasteiger partial charge in [0.15, 0.2) is 6.35 Å². The van der Waals surface area contributed by atoms with Crippen LogP contribution in [0.4, 0.5) is 5.82 Å². The van der Waals surface area contributed by atoms with Crippen LogP contribution in [0.15, 0.2) is 77.7 Å². The van der Waals surface area contributed by atoms with E-state index in [9.17, 15) is 9.90 Å². The minimum absolute atomic E-state index is 0.0330. The fourth-order valence-electron chi connectivity index (χ4n) is 5.34. The number of ether oxygens (including phenoxy) is 1. The first-order chi connectivity index (χ1) is 19.3. The molecule has 2 aromatic heterocycles. The van der Waals surface area contributed by atoms with Crippen molar-refractivity contribution in [1.29, 1.82) is 0 Å². The van der Waals surface area contributed by atoms with Crippen molar-refractivity contribution in [3.8, 4) is 16.9 Å². The fraction of sp³-hybridized carbons (Fsp3) is 0.333. The van der Waals surface area contributed by atoms with E-state index in [0.29, 0.717) is 17.4 Å². The first-order valence-corrected chi connectivity index (χ1v) is 13.7. The lowest BCUT2D eigenvalue weighted by Crippen LogP contribution is -2.46. The van der Waals surface area contributed by atoms with E-state index in [1.165, 1.54) is 10.6 Å². The number of aromatic nitrogens is 3. The maximum Gasteiger partial charge on any atom is 0.250 e. The van der Waals surface area contributed by atoms with Gasteiger partial charge >= 0.3 is 0 Å². The minimum Gasteiger partial charge on any atom is -0.383 e. The number of methoxy groups -OCH3 is 1. The molecule has 3 heterocycles. The Morgan fingerprint density at radius 3 is 2.65 bits per heavy atom. The van der Waals surface area contributed by atoms with Crippen molar-refractivity contribution in [2.45, 2.75) is 25.2 Å². The van der Waals surface area contributed by atoms with Crippen molar-refractivity contribution in [2.24, 2.45) is 7.05 Å². The number of para-hydroxylation sites is 1. The monoisotopic (exact) mass is 562 g/mol. The zero-order chi connectivity index (χ0) is 28.2. The zero-order valence-corrected chi connectivity index (χ0v) is 23.7. The number of hydrogen-bond donors (Lipinski definition) is 3. The van der Waals surface area contributed by atoms with Crippen molar-refractivity contribution >= 4 is 17.4 Å². The smallest absolute Gasteiger partial charge is 0.250 e. The number of aliphatic hydroxyl groups excluding tert-OH is 1. The predicted molar refractivity (Wildman–Crippen MR) is 158 cm³/mol. The molecule has 210 valence electrons. The lowest BCUT2D eigenvalue weighted by atomic mass is 9.94. The lowest BCUT2D eigenvalue weighted by molar-refractivity contribution is 0.139. The van der Waals surface area contributed by atoms with Crippen molar-refractivity contribution < 1.29 is 9.84 Å². The second-order valence-corrected chi connectivity index (χ2v) is 10.6. The molecule has 2 unspecified atom stereocenters. The number of anilines is 1. The fourth-order valence-corrected chi connectivity index (χ4v) is 5.53. The summed E-state index contributed by atoms with van der Waals surface area (Å²) in [7, 11) is 3.42. The molecular weight excluding hydrogens is 528 g/mol. The molecule has 5 rings (SSSR count). The predicted octanol–water partition coefficient (Wildman–Crippen LogP) is 3.59. The normalized spacial score (nSPS) is 18.2. The third kappa shape index (κ3) is 6.14. The molecule has 0 spiro atoms. The van der Waals surface area contributed by atoms with Gasteiger partial charge in [-0.25, -0.2) is 4.68 Å². The molecule has 9 nitrogen and oxygen atoms in total. The Kier molecular flexibility index (Phi) is 8.68. The molecule has 0 bridgehead atoms. The van der Waals surface area contributed by atoms with E-state index in [2.05, 4.69) is 21.6 Å². The molecule has 1 aliphatic rings. The van der Waals surface area contributed by atoms with Gasteiger partial charge in [-0.15, -0.1) is 0 Å². The van der Waals surface area contributed by atoms with Crippen LogP contribution < -0.4 is 16.2 Å². The number of rotatable bonds is 10. The molecule has 1 fully saturated rings. The highest BCUT2D eigenvalue weighted by atomic mass is 35.5. The number of halogens is 1. The molecule has 1 saturated heterocycles. The molecule has 0 amide bonds. The molecule has 4 aromatic rings. The number of aliphatic hydroxyl groups is 1. The Hall–Kier alpha value is -3.47. The van der Waals surface area contributed by atoms with E-state index in [1.54, 1.807) is 31.1 Å². The van der Waals surface area contributed by atoms with Gasteiger partial charge in [0.2, 0.25) is 5.56 Å².